The highest BCUT2D eigenvalue weighted by Gasteiger charge is 2.18. The van der Waals surface area contributed by atoms with Gasteiger partial charge in [-0.1, -0.05) is 44.2 Å². The molecule has 1 saturated carbocycles. The summed E-state index contributed by atoms with van der Waals surface area (Å²) in [6.07, 6.45) is 9.07. The molecule has 0 saturated heterocycles. The molecule has 104 valence electrons. The predicted molar refractivity (Wildman–Crippen MR) is 75.1 cm³/mol. The first-order valence-corrected chi connectivity index (χ1v) is 7.28. The van der Waals surface area contributed by atoms with Crippen molar-refractivity contribution < 1.29 is 4.79 Å². The maximum absolute atomic E-state index is 11.8. The van der Waals surface area contributed by atoms with E-state index in [2.05, 4.69) is 22.2 Å². The van der Waals surface area contributed by atoms with E-state index >= 15 is 0 Å². The lowest BCUT2D eigenvalue weighted by atomic mass is 9.81. The molecule has 0 atom stereocenters. The number of carbonyl (C=O) groups is 1. The molecule has 1 aliphatic rings. The molecule has 2 rings (SSSR count). The summed E-state index contributed by atoms with van der Waals surface area (Å²) in [4.78, 5) is 19.6. The van der Waals surface area contributed by atoms with E-state index in [4.69, 9.17) is 11.6 Å². The Bertz CT molecular complexity index is 413. The summed E-state index contributed by atoms with van der Waals surface area (Å²) in [7, 11) is 0. The highest BCUT2D eigenvalue weighted by Crippen LogP contribution is 2.29. The SMILES string of the molecule is CC1CCC(CCNC(=O)c2cnc(Cl)cn2)CC1. The number of aromatic nitrogens is 2. The van der Waals surface area contributed by atoms with Gasteiger partial charge in [0.2, 0.25) is 0 Å². The quantitative estimate of drug-likeness (QED) is 0.923. The van der Waals surface area contributed by atoms with Gasteiger partial charge in [0.1, 0.15) is 10.8 Å². The second kappa shape index (κ2) is 6.85. The Morgan fingerprint density at radius 2 is 2.05 bits per heavy atom. The molecule has 5 heteroatoms. The predicted octanol–water partition coefficient (Wildman–Crippen LogP) is 3.08. The van der Waals surface area contributed by atoms with E-state index < -0.39 is 0 Å². The van der Waals surface area contributed by atoms with Gasteiger partial charge in [-0.05, 0) is 18.3 Å². The average Bonchev–Trinajstić information content (AvgIpc) is 2.41. The summed E-state index contributed by atoms with van der Waals surface area (Å²) in [6.45, 7) is 3.03. The van der Waals surface area contributed by atoms with Crippen molar-refractivity contribution in [2.45, 2.75) is 39.0 Å². The molecule has 1 aromatic heterocycles. The highest BCUT2D eigenvalue weighted by atomic mass is 35.5. The Morgan fingerprint density at radius 3 is 2.68 bits per heavy atom. The first-order valence-electron chi connectivity index (χ1n) is 6.91. The zero-order chi connectivity index (χ0) is 13.7. The Balaban J connectivity index is 1.70. The molecule has 0 bridgehead atoms. The number of rotatable bonds is 4. The lowest BCUT2D eigenvalue weighted by Gasteiger charge is -2.26. The van der Waals surface area contributed by atoms with Gasteiger partial charge in [0, 0.05) is 6.54 Å². The minimum Gasteiger partial charge on any atom is -0.351 e. The van der Waals surface area contributed by atoms with Crippen LogP contribution < -0.4 is 5.32 Å². The van der Waals surface area contributed by atoms with Crippen molar-refractivity contribution in [3.05, 3.63) is 23.2 Å². The number of hydrogen-bond acceptors (Lipinski definition) is 3. The number of amides is 1. The van der Waals surface area contributed by atoms with Crippen LogP contribution in [0, 0.1) is 11.8 Å². The van der Waals surface area contributed by atoms with Crippen molar-refractivity contribution in [2.24, 2.45) is 11.8 Å². The number of carbonyl (C=O) groups excluding carboxylic acids is 1. The molecule has 4 nitrogen and oxygen atoms in total. The number of hydrogen-bond donors (Lipinski definition) is 1. The van der Waals surface area contributed by atoms with Gasteiger partial charge in [0.25, 0.3) is 5.91 Å². The molecule has 1 fully saturated rings. The molecule has 1 aliphatic carbocycles. The molecule has 0 spiro atoms. The van der Waals surface area contributed by atoms with Crippen LogP contribution in [-0.2, 0) is 0 Å². The lowest BCUT2D eigenvalue weighted by Crippen LogP contribution is -2.27. The van der Waals surface area contributed by atoms with Crippen LogP contribution in [0.4, 0.5) is 0 Å². The fraction of sp³-hybridized carbons (Fsp3) is 0.643. The Morgan fingerprint density at radius 1 is 1.32 bits per heavy atom. The first kappa shape index (κ1) is 14.3. The third-order valence-corrected chi connectivity index (χ3v) is 4.02. The molecule has 1 amide bonds. The maximum atomic E-state index is 11.8. The van der Waals surface area contributed by atoms with E-state index in [1.165, 1.54) is 38.1 Å². The molecular formula is C14H20ClN3O. The van der Waals surface area contributed by atoms with Crippen LogP contribution in [0.5, 0.6) is 0 Å². The highest BCUT2D eigenvalue weighted by molar-refractivity contribution is 6.29. The molecular weight excluding hydrogens is 262 g/mol. The molecule has 1 N–H and O–H groups in total. The van der Waals surface area contributed by atoms with Gasteiger partial charge >= 0.3 is 0 Å². The minimum absolute atomic E-state index is 0.173. The van der Waals surface area contributed by atoms with Gasteiger partial charge in [-0.2, -0.15) is 0 Å². The molecule has 0 aliphatic heterocycles. The second-order valence-corrected chi connectivity index (χ2v) is 5.78. The molecule has 0 radical (unpaired) electrons. The van der Waals surface area contributed by atoms with Crippen molar-refractivity contribution in [2.75, 3.05) is 6.54 Å². The summed E-state index contributed by atoms with van der Waals surface area (Å²) in [5.74, 6) is 1.45. The molecule has 19 heavy (non-hydrogen) atoms. The maximum Gasteiger partial charge on any atom is 0.271 e. The molecule has 1 heterocycles. The smallest absolute Gasteiger partial charge is 0.271 e. The number of nitrogens with zero attached hydrogens (tertiary/aromatic N) is 2. The van der Waals surface area contributed by atoms with Crippen molar-refractivity contribution in [1.82, 2.24) is 15.3 Å². The zero-order valence-corrected chi connectivity index (χ0v) is 12.0. The van der Waals surface area contributed by atoms with Gasteiger partial charge < -0.3 is 5.32 Å². The topological polar surface area (TPSA) is 54.9 Å². The molecule has 0 unspecified atom stereocenters. The van der Waals surface area contributed by atoms with Crippen molar-refractivity contribution in [3.8, 4) is 0 Å². The van der Waals surface area contributed by atoms with Crippen molar-refractivity contribution in [3.63, 3.8) is 0 Å². The van der Waals surface area contributed by atoms with Crippen molar-refractivity contribution in [1.29, 1.82) is 0 Å². The normalized spacial score (nSPS) is 23.1. The van der Waals surface area contributed by atoms with E-state index in [0.717, 1.165) is 18.3 Å². The fourth-order valence-corrected chi connectivity index (χ4v) is 2.63. The van der Waals surface area contributed by atoms with Gasteiger partial charge in [-0.25, -0.2) is 9.97 Å². The Kier molecular flexibility index (Phi) is 5.14. The van der Waals surface area contributed by atoms with Crippen LogP contribution in [0.25, 0.3) is 0 Å². The monoisotopic (exact) mass is 281 g/mol. The Hall–Kier alpha value is -1.16. The largest absolute Gasteiger partial charge is 0.351 e. The minimum atomic E-state index is -0.173. The van der Waals surface area contributed by atoms with E-state index in [9.17, 15) is 4.79 Å². The van der Waals surface area contributed by atoms with Gasteiger partial charge in [-0.15, -0.1) is 0 Å². The van der Waals surface area contributed by atoms with E-state index in [0.29, 0.717) is 17.4 Å². The Labute approximate surface area is 119 Å². The number of nitrogens with one attached hydrogen (secondary N) is 1. The van der Waals surface area contributed by atoms with Gasteiger partial charge in [0.15, 0.2) is 0 Å². The van der Waals surface area contributed by atoms with Crippen LogP contribution in [0.15, 0.2) is 12.4 Å². The number of halogens is 1. The molecule has 0 aromatic carbocycles. The van der Waals surface area contributed by atoms with Crippen LogP contribution in [0.2, 0.25) is 5.15 Å². The zero-order valence-electron chi connectivity index (χ0n) is 11.2. The summed E-state index contributed by atoms with van der Waals surface area (Å²) in [6, 6.07) is 0. The van der Waals surface area contributed by atoms with Crippen LogP contribution >= 0.6 is 11.6 Å². The van der Waals surface area contributed by atoms with Crippen LogP contribution in [-0.4, -0.2) is 22.4 Å². The van der Waals surface area contributed by atoms with Crippen LogP contribution in [0.3, 0.4) is 0 Å². The summed E-state index contributed by atoms with van der Waals surface area (Å²) in [5.41, 5.74) is 0.321. The summed E-state index contributed by atoms with van der Waals surface area (Å²) < 4.78 is 0. The van der Waals surface area contributed by atoms with E-state index in [-0.39, 0.29) is 5.91 Å². The standard InChI is InChI=1S/C14H20ClN3O/c1-10-2-4-11(5-3-10)6-7-16-14(19)12-8-18-13(15)9-17-12/h8-11H,2-7H2,1H3,(H,16,19). The van der Waals surface area contributed by atoms with Crippen molar-refractivity contribution >= 4 is 17.5 Å². The van der Waals surface area contributed by atoms with Gasteiger partial charge in [0.05, 0.1) is 12.4 Å². The van der Waals surface area contributed by atoms with E-state index in [1.807, 2.05) is 0 Å². The van der Waals surface area contributed by atoms with E-state index in [1.54, 1.807) is 0 Å². The third kappa shape index (κ3) is 4.46. The lowest BCUT2D eigenvalue weighted by molar-refractivity contribution is 0.0944. The van der Waals surface area contributed by atoms with Crippen LogP contribution in [0.1, 0.15) is 49.5 Å². The summed E-state index contributed by atoms with van der Waals surface area (Å²) >= 11 is 5.63. The molecule has 1 aromatic rings. The third-order valence-electron chi connectivity index (χ3n) is 3.83. The second-order valence-electron chi connectivity index (χ2n) is 5.39. The average molecular weight is 282 g/mol. The van der Waals surface area contributed by atoms with Gasteiger partial charge in [-0.3, -0.25) is 4.79 Å². The summed E-state index contributed by atoms with van der Waals surface area (Å²) in [5, 5.41) is 3.19. The fourth-order valence-electron chi connectivity index (χ4n) is 2.53. The first-order chi connectivity index (χ1) is 9.15.